The van der Waals surface area contributed by atoms with Crippen molar-refractivity contribution in [2.75, 3.05) is 5.73 Å². The van der Waals surface area contributed by atoms with Gasteiger partial charge in [-0.15, -0.1) is 0 Å². The summed E-state index contributed by atoms with van der Waals surface area (Å²) in [5.74, 6) is -0.486. The third-order valence-corrected chi connectivity index (χ3v) is 3.74. The third-order valence-electron chi connectivity index (χ3n) is 3.74. The fourth-order valence-corrected chi connectivity index (χ4v) is 2.57. The predicted octanol–water partition coefficient (Wildman–Crippen LogP) is 3.35. The molecule has 1 aliphatic rings. The van der Waals surface area contributed by atoms with Crippen LogP contribution in [0.4, 0.5) is 18.9 Å². The number of hydrogen-bond acceptors (Lipinski definition) is 2. The summed E-state index contributed by atoms with van der Waals surface area (Å²) in [5, 5.41) is 2.82. The normalized spacial score (nSPS) is 18.0. The first kappa shape index (κ1) is 14.7. The van der Waals surface area contributed by atoms with Crippen molar-refractivity contribution in [1.82, 2.24) is 5.32 Å². The number of carbonyl (C=O) groups is 1. The summed E-state index contributed by atoms with van der Waals surface area (Å²) in [6.07, 6.45) is -0.823. The largest absolute Gasteiger partial charge is 0.418 e. The van der Waals surface area contributed by atoms with E-state index in [1.807, 2.05) is 6.92 Å². The van der Waals surface area contributed by atoms with Crippen molar-refractivity contribution in [3.63, 3.8) is 0 Å². The molecule has 1 aliphatic carbocycles. The lowest BCUT2D eigenvalue weighted by Gasteiger charge is -2.25. The second kappa shape index (κ2) is 5.00. The van der Waals surface area contributed by atoms with E-state index in [1.165, 1.54) is 6.07 Å². The number of carbonyl (C=O) groups excluding carboxylic acids is 1. The number of hydrogen-bond donors (Lipinski definition) is 2. The number of rotatable bonds is 2. The Balaban J connectivity index is 2.22. The first-order valence-electron chi connectivity index (χ1n) is 6.50. The van der Waals surface area contributed by atoms with Gasteiger partial charge in [-0.1, -0.05) is 12.8 Å². The summed E-state index contributed by atoms with van der Waals surface area (Å²) in [6, 6.07) is 3.25. The van der Waals surface area contributed by atoms with Gasteiger partial charge in [-0.2, -0.15) is 13.2 Å². The molecule has 0 aliphatic heterocycles. The van der Waals surface area contributed by atoms with Crippen LogP contribution in [0.1, 0.15) is 48.5 Å². The summed E-state index contributed by atoms with van der Waals surface area (Å²) < 4.78 is 38.3. The molecule has 2 rings (SSSR count). The standard InChI is InChI=1S/C14H17F3N2O/c1-13(6-2-3-7-13)19-12(20)9-4-5-11(18)10(8-9)14(15,16)17/h4-5,8H,2-3,6-7,18H2,1H3,(H,19,20). The van der Waals surface area contributed by atoms with Crippen LogP contribution in [-0.4, -0.2) is 11.4 Å². The number of nitrogens with one attached hydrogen (secondary N) is 1. The van der Waals surface area contributed by atoms with E-state index in [4.69, 9.17) is 5.73 Å². The highest BCUT2D eigenvalue weighted by molar-refractivity contribution is 5.95. The summed E-state index contributed by atoms with van der Waals surface area (Å²) in [7, 11) is 0. The molecular weight excluding hydrogens is 269 g/mol. The molecule has 1 saturated carbocycles. The van der Waals surface area contributed by atoms with Crippen LogP contribution in [0, 0.1) is 0 Å². The van der Waals surface area contributed by atoms with Crippen molar-refractivity contribution in [2.24, 2.45) is 0 Å². The maximum atomic E-state index is 12.8. The molecular formula is C14H17F3N2O. The van der Waals surface area contributed by atoms with Gasteiger partial charge in [-0.3, -0.25) is 4.79 Å². The van der Waals surface area contributed by atoms with Gasteiger partial charge in [-0.25, -0.2) is 0 Å². The zero-order chi connectivity index (χ0) is 15.0. The SMILES string of the molecule is CC1(NC(=O)c2ccc(N)c(C(F)(F)F)c2)CCCC1. The number of nitrogens with two attached hydrogens (primary N) is 1. The van der Waals surface area contributed by atoms with Crippen molar-refractivity contribution < 1.29 is 18.0 Å². The second-order valence-electron chi connectivity index (χ2n) is 5.52. The van der Waals surface area contributed by atoms with Crippen molar-refractivity contribution in [3.05, 3.63) is 29.3 Å². The minimum atomic E-state index is -4.56. The number of alkyl halides is 3. The van der Waals surface area contributed by atoms with Crippen LogP contribution in [-0.2, 0) is 6.18 Å². The quantitative estimate of drug-likeness (QED) is 0.819. The van der Waals surface area contributed by atoms with Crippen LogP contribution >= 0.6 is 0 Å². The molecule has 0 atom stereocenters. The van der Waals surface area contributed by atoms with Crippen molar-refractivity contribution in [1.29, 1.82) is 0 Å². The molecule has 0 bridgehead atoms. The van der Waals surface area contributed by atoms with Gasteiger partial charge in [-0.05, 0) is 38.0 Å². The Labute approximate surface area is 115 Å². The molecule has 3 nitrogen and oxygen atoms in total. The topological polar surface area (TPSA) is 55.1 Å². The molecule has 3 N–H and O–H groups in total. The van der Waals surface area contributed by atoms with Crippen LogP contribution in [0.15, 0.2) is 18.2 Å². The number of anilines is 1. The summed E-state index contributed by atoms with van der Waals surface area (Å²) >= 11 is 0. The molecule has 0 unspecified atom stereocenters. The van der Waals surface area contributed by atoms with E-state index in [2.05, 4.69) is 5.32 Å². The molecule has 0 heterocycles. The molecule has 20 heavy (non-hydrogen) atoms. The number of halogens is 3. The van der Waals surface area contributed by atoms with Gasteiger partial charge in [0.05, 0.1) is 5.56 Å². The van der Waals surface area contributed by atoms with Crippen molar-refractivity contribution >= 4 is 11.6 Å². The van der Waals surface area contributed by atoms with Gasteiger partial charge in [0.2, 0.25) is 0 Å². The van der Waals surface area contributed by atoms with E-state index in [0.29, 0.717) is 0 Å². The monoisotopic (exact) mass is 286 g/mol. The molecule has 1 amide bonds. The Morgan fingerprint density at radius 2 is 1.90 bits per heavy atom. The van der Waals surface area contributed by atoms with E-state index in [0.717, 1.165) is 37.8 Å². The van der Waals surface area contributed by atoms with E-state index in [-0.39, 0.29) is 16.8 Å². The minimum absolute atomic E-state index is 0.0142. The van der Waals surface area contributed by atoms with Gasteiger partial charge < -0.3 is 11.1 Å². The van der Waals surface area contributed by atoms with Crippen LogP contribution < -0.4 is 11.1 Å². The van der Waals surface area contributed by atoms with Gasteiger partial charge in [0.25, 0.3) is 5.91 Å². The van der Waals surface area contributed by atoms with Crippen LogP contribution in [0.3, 0.4) is 0 Å². The highest BCUT2D eigenvalue weighted by Gasteiger charge is 2.35. The smallest absolute Gasteiger partial charge is 0.398 e. The maximum Gasteiger partial charge on any atom is 0.418 e. The zero-order valence-corrected chi connectivity index (χ0v) is 11.2. The molecule has 0 aromatic heterocycles. The van der Waals surface area contributed by atoms with Crippen molar-refractivity contribution in [3.8, 4) is 0 Å². The Hall–Kier alpha value is -1.72. The highest BCUT2D eigenvalue weighted by atomic mass is 19.4. The fraction of sp³-hybridized carbons (Fsp3) is 0.500. The summed E-state index contributed by atoms with van der Waals surface area (Å²) in [4.78, 5) is 12.1. The molecule has 1 aromatic carbocycles. The van der Waals surface area contributed by atoms with E-state index >= 15 is 0 Å². The fourth-order valence-electron chi connectivity index (χ4n) is 2.57. The predicted molar refractivity (Wildman–Crippen MR) is 70.2 cm³/mol. The number of nitrogen functional groups attached to an aromatic ring is 1. The average Bonchev–Trinajstić information content (AvgIpc) is 2.74. The van der Waals surface area contributed by atoms with Crippen LogP contribution in [0.25, 0.3) is 0 Å². The Bertz CT molecular complexity index is 520. The average molecular weight is 286 g/mol. The number of amides is 1. The van der Waals surface area contributed by atoms with E-state index < -0.39 is 17.6 Å². The Kier molecular flexibility index (Phi) is 3.67. The lowest BCUT2D eigenvalue weighted by Crippen LogP contribution is -2.43. The highest BCUT2D eigenvalue weighted by Crippen LogP contribution is 2.34. The van der Waals surface area contributed by atoms with Gasteiger partial charge in [0.15, 0.2) is 0 Å². The third kappa shape index (κ3) is 3.05. The molecule has 0 spiro atoms. The lowest BCUT2D eigenvalue weighted by molar-refractivity contribution is -0.136. The van der Waals surface area contributed by atoms with Crippen molar-refractivity contribution in [2.45, 2.75) is 44.3 Å². The van der Waals surface area contributed by atoms with Crippen LogP contribution in [0.5, 0.6) is 0 Å². The Morgan fingerprint density at radius 1 is 1.30 bits per heavy atom. The second-order valence-corrected chi connectivity index (χ2v) is 5.52. The van der Waals surface area contributed by atoms with Crippen LogP contribution in [0.2, 0.25) is 0 Å². The summed E-state index contributed by atoms with van der Waals surface area (Å²) in [5.41, 5.74) is 3.63. The molecule has 0 saturated heterocycles. The van der Waals surface area contributed by atoms with Gasteiger partial charge >= 0.3 is 6.18 Å². The summed E-state index contributed by atoms with van der Waals surface area (Å²) in [6.45, 7) is 1.92. The van der Waals surface area contributed by atoms with Gasteiger partial charge in [0, 0.05) is 16.8 Å². The molecule has 0 radical (unpaired) electrons. The van der Waals surface area contributed by atoms with Gasteiger partial charge in [0.1, 0.15) is 0 Å². The maximum absolute atomic E-state index is 12.8. The first-order chi connectivity index (χ1) is 9.21. The molecule has 1 fully saturated rings. The minimum Gasteiger partial charge on any atom is -0.398 e. The molecule has 1 aromatic rings. The lowest BCUT2D eigenvalue weighted by atomic mass is 9.99. The zero-order valence-electron chi connectivity index (χ0n) is 11.2. The molecule has 110 valence electrons. The Morgan fingerprint density at radius 3 is 2.45 bits per heavy atom. The van der Waals surface area contributed by atoms with E-state index in [9.17, 15) is 18.0 Å². The first-order valence-corrected chi connectivity index (χ1v) is 6.50. The van der Waals surface area contributed by atoms with E-state index in [1.54, 1.807) is 0 Å². The molecule has 6 heteroatoms. The number of benzene rings is 1.